The normalized spacial score (nSPS) is 11.1. The maximum Gasteiger partial charge on any atom is 0.270 e. The molecule has 0 aliphatic heterocycles. The van der Waals surface area contributed by atoms with Crippen molar-refractivity contribution in [3.63, 3.8) is 0 Å². The lowest BCUT2D eigenvalue weighted by molar-refractivity contribution is 0.433. The Labute approximate surface area is 173 Å². The number of aryl methyl sites for hydroxylation is 2. The molecule has 0 spiro atoms. The van der Waals surface area contributed by atoms with Crippen molar-refractivity contribution in [1.29, 1.82) is 0 Å². The highest BCUT2D eigenvalue weighted by Gasteiger charge is 2.21. The van der Waals surface area contributed by atoms with Gasteiger partial charge in [0.25, 0.3) is 5.89 Å². The van der Waals surface area contributed by atoms with Crippen LogP contribution in [-0.4, -0.2) is 14.7 Å². The predicted octanol–water partition coefficient (Wildman–Crippen LogP) is 6.54. The average molecular weight is 398 g/mol. The SMILES string of the molecule is Cc1ccc(-c2noc(-c3scc(-c4cccc(C)c4)c3-n3cccc3)n2)cc1. The molecular weight excluding hydrogens is 378 g/mol. The van der Waals surface area contributed by atoms with Crippen LogP contribution in [0.1, 0.15) is 11.1 Å². The molecule has 0 amide bonds. The lowest BCUT2D eigenvalue weighted by atomic mass is 10.0. The Morgan fingerprint density at radius 2 is 1.66 bits per heavy atom. The molecular formula is C24H19N3OS. The van der Waals surface area contributed by atoms with Gasteiger partial charge >= 0.3 is 0 Å². The minimum atomic E-state index is 0.535. The van der Waals surface area contributed by atoms with Gasteiger partial charge in [0.05, 0.1) is 5.69 Å². The summed E-state index contributed by atoms with van der Waals surface area (Å²) in [4.78, 5) is 5.66. The van der Waals surface area contributed by atoms with Crippen LogP contribution in [0, 0.1) is 13.8 Å². The standard InChI is InChI=1S/C24H19N3OS/c1-16-8-10-18(11-9-16)23-25-24(28-26-23)22-21(27-12-3-4-13-27)20(15-29-22)19-7-5-6-17(2)14-19/h3-15H,1-2H3. The zero-order chi connectivity index (χ0) is 19.8. The average Bonchev–Trinajstić information content (AvgIpc) is 3.47. The lowest BCUT2D eigenvalue weighted by Crippen LogP contribution is -1.93. The first-order chi connectivity index (χ1) is 14.2. The van der Waals surface area contributed by atoms with E-state index in [0.717, 1.165) is 21.7 Å². The minimum absolute atomic E-state index is 0.535. The number of rotatable bonds is 4. The second-order valence-corrected chi connectivity index (χ2v) is 7.96. The quantitative estimate of drug-likeness (QED) is 0.346. The van der Waals surface area contributed by atoms with Crippen LogP contribution in [0.4, 0.5) is 0 Å². The van der Waals surface area contributed by atoms with Crippen molar-refractivity contribution in [2.24, 2.45) is 0 Å². The Hall–Kier alpha value is -3.44. The fourth-order valence-electron chi connectivity index (χ4n) is 3.40. The molecule has 3 aromatic heterocycles. The predicted molar refractivity (Wildman–Crippen MR) is 117 cm³/mol. The zero-order valence-corrected chi connectivity index (χ0v) is 17.0. The van der Waals surface area contributed by atoms with E-state index in [-0.39, 0.29) is 0 Å². The summed E-state index contributed by atoms with van der Waals surface area (Å²) in [5.41, 5.74) is 6.77. The van der Waals surface area contributed by atoms with E-state index in [1.165, 1.54) is 16.7 Å². The van der Waals surface area contributed by atoms with Crippen LogP contribution in [0.25, 0.3) is 39.0 Å². The van der Waals surface area contributed by atoms with Crippen LogP contribution in [-0.2, 0) is 0 Å². The summed E-state index contributed by atoms with van der Waals surface area (Å²) in [5.74, 6) is 1.14. The molecule has 29 heavy (non-hydrogen) atoms. The summed E-state index contributed by atoms with van der Waals surface area (Å²) >= 11 is 1.62. The van der Waals surface area contributed by atoms with E-state index in [2.05, 4.69) is 65.3 Å². The topological polar surface area (TPSA) is 43.9 Å². The molecule has 0 saturated carbocycles. The summed E-state index contributed by atoms with van der Waals surface area (Å²) in [5, 5.41) is 6.38. The summed E-state index contributed by atoms with van der Waals surface area (Å²) in [6.07, 6.45) is 4.09. The van der Waals surface area contributed by atoms with Crippen molar-refractivity contribution in [1.82, 2.24) is 14.7 Å². The number of thiophene rings is 1. The van der Waals surface area contributed by atoms with Gasteiger partial charge in [-0.15, -0.1) is 11.3 Å². The van der Waals surface area contributed by atoms with Gasteiger partial charge in [0, 0.05) is 28.9 Å². The molecule has 0 saturated heterocycles. The first kappa shape index (κ1) is 17.6. The molecule has 0 aliphatic rings. The molecule has 0 bridgehead atoms. The van der Waals surface area contributed by atoms with Gasteiger partial charge in [0.1, 0.15) is 4.88 Å². The van der Waals surface area contributed by atoms with Crippen LogP contribution in [0.2, 0.25) is 0 Å². The van der Waals surface area contributed by atoms with Gasteiger partial charge in [-0.05, 0) is 31.5 Å². The van der Waals surface area contributed by atoms with Gasteiger partial charge in [-0.3, -0.25) is 0 Å². The van der Waals surface area contributed by atoms with Gasteiger partial charge in [-0.1, -0.05) is 64.8 Å². The highest BCUT2D eigenvalue weighted by molar-refractivity contribution is 7.14. The first-order valence-corrected chi connectivity index (χ1v) is 10.3. The number of aromatic nitrogens is 3. The monoisotopic (exact) mass is 397 g/mol. The van der Waals surface area contributed by atoms with Crippen LogP contribution >= 0.6 is 11.3 Å². The van der Waals surface area contributed by atoms with Gasteiger partial charge in [-0.25, -0.2) is 0 Å². The fourth-order valence-corrected chi connectivity index (χ4v) is 4.39. The Morgan fingerprint density at radius 3 is 2.41 bits per heavy atom. The second kappa shape index (κ2) is 7.18. The van der Waals surface area contributed by atoms with E-state index < -0.39 is 0 Å². The molecule has 5 rings (SSSR count). The third-order valence-electron chi connectivity index (χ3n) is 4.89. The third-order valence-corrected chi connectivity index (χ3v) is 5.84. The Bertz CT molecular complexity index is 1260. The molecule has 5 aromatic rings. The summed E-state index contributed by atoms with van der Waals surface area (Å²) in [6, 6.07) is 20.7. The van der Waals surface area contributed by atoms with Gasteiger partial charge in [0.2, 0.25) is 5.82 Å². The summed E-state index contributed by atoms with van der Waals surface area (Å²) in [7, 11) is 0. The van der Waals surface area contributed by atoms with E-state index in [4.69, 9.17) is 9.51 Å². The summed E-state index contributed by atoms with van der Waals surface area (Å²) in [6.45, 7) is 4.17. The maximum absolute atomic E-state index is 5.68. The van der Waals surface area contributed by atoms with E-state index >= 15 is 0 Å². The Morgan fingerprint density at radius 1 is 0.862 bits per heavy atom. The van der Waals surface area contributed by atoms with Crippen LogP contribution in [0.3, 0.4) is 0 Å². The van der Waals surface area contributed by atoms with Crippen molar-refractivity contribution in [2.75, 3.05) is 0 Å². The Balaban J connectivity index is 1.64. The van der Waals surface area contributed by atoms with Gasteiger partial charge in [0.15, 0.2) is 0 Å². The molecule has 0 unspecified atom stereocenters. The van der Waals surface area contributed by atoms with Crippen molar-refractivity contribution in [3.05, 3.63) is 89.6 Å². The fraction of sp³-hybridized carbons (Fsp3) is 0.0833. The molecule has 0 atom stereocenters. The molecule has 3 heterocycles. The first-order valence-electron chi connectivity index (χ1n) is 9.42. The summed E-state index contributed by atoms with van der Waals surface area (Å²) < 4.78 is 7.79. The van der Waals surface area contributed by atoms with Crippen molar-refractivity contribution < 1.29 is 4.52 Å². The number of nitrogens with zero attached hydrogens (tertiary/aromatic N) is 3. The van der Waals surface area contributed by atoms with Crippen LogP contribution in [0.15, 0.2) is 83.0 Å². The van der Waals surface area contributed by atoms with Crippen molar-refractivity contribution in [3.8, 4) is 39.0 Å². The molecule has 5 heteroatoms. The molecule has 0 aliphatic carbocycles. The highest BCUT2D eigenvalue weighted by Crippen LogP contribution is 2.41. The second-order valence-electron chi connectivity index (χ2n) is 7.08. The molecule has 0 N–H and O–H groups in total. The smallest absolute Gasteiger partial charge is 0.270 e. The van der Waals surface area contributed by atoms with Gasteiger partial charge < -0.3 is 9.09 Å². The minimum Gasteiger partial charge on any atom is -0.333 e. The zero-order valence-electron chi connectivity index (χ0n) is 16.2. The van der Waals surface area contributed by atoms with Gasteiger partial charge in [-0.2, -0.15) is 4.98 Å². The molecule has 0 radical (unpaired) electrons. The molecule has 142 valence electrons. The number of hydrogen-bond acceptors (Lipinski definition) is 4. The van der Waals surface area contributed by atoms with Crippen molar-refractivity contribution >= 4 is 11.3 Å². The maximum atomic E-state index is 5.68. The third kappa shape index (κ3) is 3.30. The van der Waals surface area contributed by atoms with Crippen LogP contribution in [0.5, 0.6) is 0 Å². The highest BCUT2D eigenvalue weighted by atomic mass is 32.1. The lowest BCUT2D eigenvalue weighted by Gasteiger charge is -2.08. The molecule has 2 aromatic carbocycles. The van der Waals surface area contributed by atoms with Crippen LogP contribution < -0.4 is 0 Å². The van der Waals surface area contributed by atoms with Crippen molar-refractivity contribution in [2.45, 2.75) is 13.8 Å². The van der Waals surface area contributed by atoms with E-state index in [0.29, 0.717) is 11.7 Å². The molecule has 0 fully saturated rings. The Kier molecular flexibility index (Phi) is 4.37. The number of benzene rings is 2. The number of hydrogen-bond donors (Lipinski definition) is 0. The molecule has 4 nitrogen and oxygen atoms in total. The van der Waals surface area contributed by atoms with E-state index in [1.807, 2.05) is 36.7 Å². The largest absolute Gasteiger partial charge is 0.333 e. The van der Waals surface area contributed by atoms with E-state index in [9.17, 15) is 0 Å². The van der Waals surface area contributed by atoms with E-state index in [1.54, 1.807) is 11.3 Å².